The third kappa shape index (κ3) is 4.33. The normalized spacial score (nSPS) is 11.0. The van der Waals surface area contributed by atoms with Gasteiger partial charge in [-0.15, -0.1) is 0 Å². The summed E-state index contributed by atoms with van der Waals surface area (Å²) < 4.78 is 17.5. The van der Waals surface area contributed by atoms with Crippen LogP contribution in [-0.4, -0.2) is 23.1 Å². The lowest BCUT2D eigenvalue weighted by molar-refractivity contribution is 0.0953. The van der Waals surface area contributed by atoms with Crippen LogP contribution in [0.15, 0.2) is 80.0 Å². The molecule has 0 bridgehead atoms. The van der Waals surface area contributed by atoms with Crippen molar-refractivity contribution in [1.82, 2.24) is 10.3 Å². The van der Waals surface area contributed by atoms with Gasteiger partial charge in [-0.3, -0.25) is 10.1 Å². The van der Waals surface area contributed by atoms with E-state index in [1.54, 1.807) is 37.4 Å². The molecular weight excluding hydrogens is 506 g/mol. The lowest BCUT2D eigenvalue weighted by Crippen LogP contribution is -2.33. The summed E-state index contributed by atoms with van der Waals surface area (Å²) in [5.74, 6) is 0.951. The van der Waals surface area contributed by atoms with Crippen LogP contribution in [0.4, 0.5) is 5.69 Å². The second-order valence-electron chi connectivity index (χ2n) is 7.11. The number of ether oxygens (including phenoxy) is 1. The highest BCUT2D eigenvalue weighted by molar-refractivity contribution is 9.10. The van der Waals surface area contributed by atoms with Gasteiger partial charge in [-0.05, 0) is 76.7 Å². The van der Waals surface area contributed by atoms with Crippen LogP contribution in [0.1, 0.15) is 10.6 Å². The molecule has 0 saturated carbocycles. The lowest BCUT2D eigenvalue weighted by Gasteiger charge is -2.08. The zero-order chi connectivity index (χ0) is 22.9. The van der Waals surface area contributed by atoms with Crippen molar-refractivity contribution in [3.63, 3.8) is 0 Å². The first-order valence-corrected chi connectivity index (χ1v) is 11.1. The predicted octanol–water partition coefficient (Wildman–Crippen LogP) is 6.14. The number of oxazole rings is 1. The molecule has 3 aromatic carbocycles. The number of carbonyl (C=O) groups is 1. The molecule has 164 valence electrons. The van der Waals surface area contributed by atoms with Crippen molar-refractivity contribution >= 4 is 66.9 Å². The van der Waals surface area contributed by atoms with Crippen LogP contribution in [0.3, 0.4) is 0 Å². The summed E-state index contributed by atoms with van der Waals surface area (Å²) in [4.78, 5) is 17.1. The maximum Gasteiger partial charge on any atom is 0.293 e. The van der Waals surface area contributed by atoms with E-state index in [9.17, 15) is 4.79 Å². The Morgan fingerprint density at radius 1 is 1.03 bits per heavy atom. The summed E-state index contributed by atoms with van der Waals surface area (Å²) in [5.41, 5.74) is 3.38. The van der Waals surface area contributed by atoms with Gasteiger partial charge in [0.1, 0.15) is 16.8 Å². The molecule has 7 nitrogen and oxygen atoms in total. The largest absolute Gasteiger partial charge is 0.496 e. The molecule has 9 heteroatoms. The van der Waals surface area contributed by atoms with Crippen LogP contribution in [0.2, 0.25) is 0 Å². The lowest BCUT2D eigenvalue weighted by atomic mass is 10.2. The molecule has 0 unspecified atom stereocenters. The number of methoxy groups -OCH3 is 1. The number of hydrogen-bond donors (Lipinski definition) is 2. The van der Waals surface area contributed by atoms with Crippen LogP contribution in [-0.2, 0) is 0 Å². The Balaban J connectivity index is 1.31. The van der Waals surface area contributed by atoms with Gasteiger partial charge in [0.25, 0.3) is 5.91 Å². The van der Waals surface area contributed by atoms with Crippen LogP contribution in [0.25, 0.3) is 33.5 Å². The molecule has 0 aliphatic heterocycles. The van der Waals surface area contributed by atoms with Gasteiger partial charge >= 0.3 is 0 Å². The minimum atomic E-state index is -0.432. The van der Waals surface area contributed by atoms with E-state index in [2.05, 4.69) is 31.5 Å². The van der Waals surface area contributed by atoms with E-state index in [-0.39, 0.29) is 10.9 Å². The summed E-state index contributed by atoms with van der Waals surface area (Å²) in [5, 5.41) is 6.61. The van der Waals surface area contributed by atoms with Crippen molar-refractivity contribution < 1.29 is 18.4 Å². The van der Waals surface area contributed by atoms with Gasteiger partial charge in [-0.25, -0.2) is 4.98 Å². The smallest absolute Gasteiger partial charge is 0.293 e. The molecule has 0 spiro atoms. The number of carbonyl (C=O) groups excluding carboxylic acids is 1. The van der Waals surface area contributed by atoms with Crippen molar-refractivity contribution in [3.8, 4) is 17.2 Å². The number of thiocarbonyl (C=S) groups is 1. The molecule has 0 aliphatic rings. The summed E-state index contributed by atoms with van der Waals surface area (Å²) in [7, 11) is 1.61. The van der Waals surface area contributed by atoms with Crippen molar-refractivity contribution in [2.45, 2.75) is 0 Å². The number of anilines is 1. The number of rotatable bonds is 4. The van der Waals surface area contributed by atoms with Gasteiger partial charge in [0.15, 0.2) is 16.5 Å². The van der Waals surface area contributed by atoms with E-state index in [4.69, 9.17) is 25.8 Å². The quantitative estimate of drug-likeness (QED) is 0.274. The number of nitrogens with zero attached hydrogens (tertiary/aromatic N) is 1. The van der Waals surface area contributed by atoms with Gasteiger partial charge < -0.3 is 18.9 Å². The van der Waals surface area contributed by atoms with Crippen LogP contribution < -0.4 is 15.4 Å². The van der Waals surface area contributed by atoms with Gasteiger partial charge in [-0.2, -0.15) is 0 Å². The second-order valence-corrected chi connectivity index (χ2v) is 8.37. The van der Waals surface area contributed by atoms with Gasteiger partial charge in [0.05, 0.1) is 11.6 Å². The Hall–Kier alpha value is -3.69. The third-order valence-corrected chi connectivity index (χ3v) is 5.74. The summed E-state index contributed by atoms with van der Waals surface area (Å²) in [6.45, 7) is 0. The SMILES string of the molecule is COc1ccc(-c2nc3cc(NC(=S)NC(=O)c4cc5ccccc5o4)ccc3o2)cc1Br. The molecule has 2 N–H and O–H groups in total. The van der Waals surface area contributed by atoms with Crippen LogP contribution >= 0.6 is 28.1 Å². The molecule has 2 aromatic heterocycles. The number of hydrogen-bond acceptors (Lipinski definition) is 6. The molecule has 5 rings (SSSR count). The molecule has 33 heavy (non-hydrogen) atoms. The third-order valence-electron chi connectivity index (χ3n) is 4.92. The summed E-state index contributed by atoms with van der Waals surface area (Å²) in [6, 6.07) is 20.0. The van der Waals surface area contributed by atoms with Crippen LogP contribution in [0.5, 0.6) is 5.75 Å². The fourth-order valence-corrected chi connectivity index (χ4v) is 4.10. The molecule has 1 amide bonds. The van der Waals surface area contributed by atoms with Crippen molar-refractivity contribution in [3.05, 3.63) is 77.0 Å². The maximum absolute atomic E-state index is 12.5. The first-order chi connectivity index (χ1) is 16.0. The minimum absolute atomic E-state index is 0.141. The number of halogens is 1. The first kappa shape index (κ1) is 21.2. The monoisotopic (exact) mass is 521 g/mol. The van der Waals surface area contributed by atoms with Crippen molar-refractivity contribution in [1.29, 1.82) is 0 Å². The average molecular weight is 522 g/mol. The van der Waals surface area contributed by atoms with E-state index in [1.165, 1.54) is 0 Å². The topological polar surface area (TPSA) is 89.5 Å². The summed E-state index contributed by atoms with van der Waals surface area (Å²) in [6.07, 6.45) is 0. The number of aromatic nitrogens is 1. The Morgan fingerprint density at radius 2 is 1.88 bits per heavy atom. The Kier molecular flexibility index (Phi) is 5.57. The van der Waals surface area contributed by atoms with E-state index < -0.39 is 5.91 Å². The zero-order valence-corrected chi connectivity index (χ0v) is 19.6. The molecule has 5 aromatic rings. The first-order valence-electron chi connectivity index (χ1n) is 9.85. The molecule has 0 saturated heterocycles. The van der Waals surface area contributed by atoms with E-state index in [1.807, 2.05) is 36.4 Å². The van der Waals surface area contributed by atoms with E-state index in [0.717, 1.165) is 21.2 Å². The highest BCUT2D eigenvalue weighted by Gasteiger charge is 2.15. The molecule has 0 aliphatic carbocycles. The summed E-state index contributed by atoms with van der Waals surface area (Å²) >= 11 is 8.76. The fraction of sp³-hybridized carbons (Fsp3) is 0.0417. The maximum atomic E-state index is 12.5. The number of furan rings is 1. The van der Waals surface area contributed by atoms with Gasteiger partial charge in [-0.1, -0.05) is 18.2 Å². The Morgan fingerprint density at radius 3 is 2.67 bits per heavy atom. The Bertz CT molecular complexity index is 1490. The van der Waals surface area contributed by atoms with Crippen molar-refractivity contribution in [2.75, 3.05) is 12.4 Å². The van der Waals surface area contributed by atoms with Crippen molar-refractivity contribution in [2.24, 2.45) is 0 Å². The minimum Gasteiger partial charge on any atom is -0.496 e. The highest BCUT2D eigenvalue weighted by Crippen LogP contribution is 2.32. The molecule has 0 radical (unpaired) electrons. The van der Waals surface area contributed by atoms with E-state index in [0.29, 0.717) is 28.3 Å². The fourth-order valence-electron chi connectivity index (χ4n) is 3.35. The van der Waals surface area contributed by atoms with E-state index >= 15 is 0 Å². The number of benzene rings is 3. The highest BCUT2D eigenvalue weighted by atomic mass is 79.9. The molecule has 2 heterocycles. The Labute approximate surface area is 201 Å². The number of para-hydroxylation sites is 1. The number of nitrogens with one attached hydrogen (secondary N) is 2. The van der Waals surface area contributed by atoms with Gasteiger partial charge in [0.2, 0.25) is 5.89 Å². The van der Waals surface area contributed by atoms with Gasteiger partial charge in [0, 0.05) is 16.6 Å². The number of fused-ring (bicyclic) bond motifs is 2. The zero-order valence-electron chi connectivity index (χ0n) is 17.2. The molecule has 0 atom stereocenters. The standard InChI is InChI=1S/C24H16BrN3O4S/c1-30-19-8-6-14(10-16(19)25)23-27-17-12-15(7-9-20(17)32-23)26-24(33)28-22(29)21-11-13-4-2-3-5-18(13)31-21/h2-12H,1H3,(H2,26,28,29,33). The average Bonchev–Trinajstić information content (AvgIpc) is 3.43. The predicted molar refractivity (Wildman–Crippen MR) is 134 cm³/mol. The second kappa shape index (κ2) is 8.68. The molecular formula is C24H16BrN3O4S. The van der Waals surface area contributed by atoms with Crippen LogP contribution in [0, 0.1) is 0 Å². The number of amides is 1. The molecule has 0 fully saturated rings.